The highest BCUT2D eigenvalue weighted by Gasteiger charge is 2.23. The molecule has 5 nitrogen and oxygen atoms in total. The molecule has 0 aromatic heterocycles. The molecule has 0 radical (unpaired) electrons. The lowest BCUT2D eigenvalue weighted by Gasteiger charge is -2.19. The molecule has 0 aliphatic rings. The van der Waals surface area contributed by atoms with E-state index in [9.17, 15) is 14.0 Å². The molecule has 2 amide bonds. The van der Waals surface area contributed by atoms with Gasteiger partial charge in [0.1, 0.15) is 18.5 Å². The maximum atomic E-state index is 13.3. The van der Waals surface area contributed by atoms with Crippen molar-refractivity contribution in [3.63, 3.8) is 0 Å². The molecule has 30 heavy (non-hydrogen) atoms. The van der Waals surface area contributed by atoms with Gasteiger partial charge in [0.2, 0.25) is 5.91 Å². The Hall–Kier alpha value is -3.67. The number of halogens is 1. The SMILES string of the molecule is Cc1cc(F)ccc1NC(=O)C(Cc1ccccc1)NC(=O)OCc1ccccc1. The van der Waals surface area contributed by atoms with Crippen molar-refractivity contribution in [2.24, 2.45) is 0 Å². The molecule has 0 saturated heterocycles. The molecular formula is C24H23FN2O3. The summed E-state index contributed by atoms with van der Waals surface area (Å²) in [7, 11) is 0. The maximum absolute atomic E-state index is 13.3. The van der Waals surface area contributed by atoms with Crippen LogP contribution in [0.15, 0.2) is 78.9 Å². The van der Waals surface area contributed by atoms with E-state index in [-0.39, 0.29) is 18.8 Å². The summed E-state index contributed by atoms with van der Waals surface area (Å²) in [4.78, 5) is 25.2. The van der Waals surface area contributed by atoms with Gasteiger partial charge in [-0.1, -0.05) is 60.7 Å². The molecule has 0 bridgehead atoms. The number of rotatable bonds is 7. The second kappa shape index (κ2) is 10.2. The molecule has 6 heteroatoms. The van der Waals surface area contributed by atoms with E-state index in [0.717, 1.165) is 11.1 Å². The highest BCUT2D eigenvalue weighted by atomic mass is 19.1. The zero-order valence-corrected chi connectivity index (χ0v) is 16.6. The number of carbonyl (C=O) groups excluding carboxylic acids is 2. The normalized spacial score (nSPS) is 11.4. The van der Waals surface area contributed by atoms with Gasteiger partial charge in [-0.15, -0.1) is 0 Å². The zero-order valence-electron chi connectivity index (χ0n) is 16.6. The Labute approximate surface area is 174 Å². The predicted octanol–water partition coefficient (Wildman–Crippen LogP) is 4.61. The Kier molecular flexibility index (Phi) is 7.16. The molecule has 3 aromatic rings. The summed E-state index contributed by atoms with van der Waals surface area (Å²) >= 11 is 0. The van der Waals surface area contributed by atoms with Crippen LogP contribution in [0.3, 0.4) is 0 Å². The van der Waals surface area contributed by atoms with Crippen LogP contribution in [0.4, 0.5) is 14.9 Å². The minimum atomic E-state index is -0.861. The number of alkyl carbamates (subject to hydrolysis) is 1. The summed E-state index contributed by atoms with van der Waals surface area (Å²) in [5.74, 6) is -0.792. The molecule has 0 saturated carbocycles. The Morgan fingerprint density at radius 1 is 0.933 bits per heavy atom. The van der Waals surface area contributed by atoms with E-state index < -0.39 is 18.0 Å². The van der Waals surface area contributed by atoms with Crippen LogP contribution in [-0.4, -0.2) is 18.0 Å². The van der Waals surface area contributed by atoms with E-state index in [4.69, 9.17) is 4.74 Å². The van der Waals surface area contributed by atoms with Crippen molar-refractivity contribution in [2.75, 3.05) is 5.32 Å². The van der Waals surface area contributed by atoms with E-state index in [1.54, 1.807) is 6.92 Å². The highest BCUT2D eigenvalue weighted by Crippen LogP contribution is 2.16. The molecule has 0 aliphatic carbocycles. The topological polar surface area (TPSA) is 67.4 Å². The molecule has 0 spiro atoms. The standard InChI is InChI=1S/C24H23FN2O3/c1-17-14-20(25)12-13-21(17)26-23(28)22(15-18-8-4-2-5-9-18)27-24(29)30-16-19-10-6-3-7-11-19/h2-14,22H,15-16H2,1H3,(H,26,28)(H,27,29). The summed E-state index contributed by atoms with van der Waals surface area (Å²) in [6, 6.07) is 21.9. The Morgan fingerprint density at radius 2 is 1.57 bits per heavy atom. The van der Waals surface area contributed by atoms with Gasteiger partial charge in [0.25, 0.3) is 0 Å². The molecule has 0 fully saturated rings. The first kappa shape index (κ1) is 21.0. The summed E-state index contributed by atoms with van der Waals surface area (Å²) < 4.78 is 18.6. The number of anilines is 1. The fraction of sp³-hybridized carbons (Fsp3) is 0.167. The average molecular weight is 406 g/mol. The van der Waals surface area contributed by atoms with E-state index in [2.05, 4.69) is 10.6 Å². The molecule has 0 heterocycles. The quantitative estimate of drug-likeness (QED) is 0.602. The van der Waals surface area contributed by atoms with Crippen molar-refractivity contribution in [3.8, 4) is 0 Å². The lowest BCUT2D eigenvalue weighted by atomic mass is 10.0. The van der Waals surface area contributed by atoms with Crippen LogP contribution in [-0.2, 0) is 22.6 Å². The van der Waals surface area contributed by atoms with E-state index in [1.165, 1.54) is 18.2 Å². The second-order valence-electron chi connectivity index (χ2n) is 6.90. The van der Waals surface area contributed by atoms with Gasteiger partial charge in [-0.3, -0.25) is 4.79 Å². The van der Waals surface area contributed by atoms with Crippen molar-refractivity contribution in [2.45, 2.75) is 26.0 Å². The van der Waals surface area contributed by atoms with Crippen LogP contribution in [0.5, 0.6) is 0 Å². The first-order valence-electron chi connectivity index (χ1n) is 9.59. The largest absolute Gasteiger partial charge is 0.445 e. The van der Waals surface area contributed by atoms with Crippen LogP contribution in [0.1, 0.15) is 16.7 Å². The average Bonchev–Trinajstić information content (AvgIpc) is 2.75. The van der Waals surface area contributed by atoms with E-state index in [0.29, 0.717) is 11.3 Å². The van der Waals surface area contributed by atoms with E-state index in [1.807, 2.05) is 60.7 Å². The van der Waals surface area contributed by atoms with Crippen LogP contribution in [0, 0.1) is 12.7 Å². The first-order valence-corrected chi connectivity index (χ1v) is 9.59. The van der Waals surface area contributed by atoms with Crippen molar-refractivity contribution in [1.29, 1.82) is 0 Å². The minimum Gasteiger partial charge on any atom is -0.445 e. The lowest BCUT2D eigenvalue weighted by molar-refractivity contribution is -0.118. The van der Waals surface area contributed by atoms with Gasteiger partial charge in [-0.05, 0) is 41.8 Å². The summed E-state index contributed by atoms with van der Waals surface area (Å²) in [5, 5.41) is 5.40. The molecule has 154 valence electrons. The Morgan fingerprint density at radius 3 is 2.20 bits per heavy atom. The molecule has 3 rings (SSSR count). The highest BCUT2D eigenvalue weighted by molar-refractivity contribution is 5.97. The fourth-order valence-corrected chi connectivity index (χ4v) is 2.95. The molecule has 1 atom stereocenters. The predicted molar refractivity (Wildman–Crippen MR) is 113 cm³/mol. The Bertz CT molecular complexity index is 994. The number of amides is 2. The Balaban J connectivity index is 1.69. The first-order chi connectivity index (χ1) is 14.5. The minimum absolute atomic E-state index is 0.101. The monoisotopic (exact) mass is 406 g/mol. The third-order valence-corrected chi connectivity index (χ3v) is 4.55. The number of ether oxygens (including phenoxy) is 1. The van der Waals surface area contributed by atoms with Crippen molar-refractivity contribution in [1.82, 2.24) is 5.32 Å². The van der Waals surface area contributed by atoms with Crippen LogP contribution < -0.4 is 10.6 Å². The second-order valence-corrected chi connectivity index (χ2v) is 6.90. The van der Waals surface area contributed by atoms with Gasteiger partial charge in [0.05, 0.1) is 0 Å². The van der Waals surface area contributed by atoms with Gasteiger partial charge in [-0.2, -0.15) is 0 Å². The summed E-state index contributed by atoms with van der Waals surface area (Å²) in [6.45, 7) is 1.80. The van der Waals surface area contributed by atoms with Gasteiger partial charge in [0, 0.05) is 12.1 Å². The van der Waals surface area contributed by atoms with Crippen LogP contribution in [0.2, 0.25) is 0 Å². The summed E-state index contributed by atoms with van der Waals surface area (Å²) in [5.41, 5.74) is 2.81. The number of hydrogen-bond acceptors (Lipinski definition) is 3. The smallest absolute Gasteiger partial charge is 0.408 e. The van der Waals surface area contributed by atoms with Crippen LogP contribution in [0.25, 0.3) is 0 Å². The van der Waals surface area contributed by atoms with Crippen molar-refractivity contribution in [3.05, 3.63) is 101 Å². The molecule has 2 N–H and O–H groups in total. The molecule has 1 unspecified atom stereocenters. The zero-order chi connectivity index (χ0) is 21.3. The molecule has 0 aliphatic heterocycles. The number of carbonyl (C=O) groups is 2. The number of benzene rings is 3. The number of hydrogen-bond donors (Lipinski definition) is 2. The van der Waals surface area contributed by atoms with Crippen molar-refractivity contribution < 1.29 is 18.7 Å². The van der Waals surface area contributed by atoms with Crippen molar-refractivity contribution >= 4 is 17.7 Å². The van der Waals surface area contributed by atoms with E-state index >= 15 is 0 Å². The number of aryl methyl sites for hydroxylation is 1. The number of nitrogens with one attached hydrogen (secondary N) is 2. The summed E-state index contributed by atoms with van der Waals surface area (Å²) in [6.07, 6.45) is -0.404. The van der Waals surface area contributed by atoms with Gasteiger partial charge >= 0.3 is 6.09 Å². The molecule has 3 aromatic carbocycles. The maximum Gasteiger partial charge on any atom is 0.408 e. The molecular weight excluding hydrogens is 383 g/mol. The van der Waals surface area contributed by atoms with Crippen LogP contribution >= 0.6 is 0 Å². The third kappa shape index (κ3) is 6.17. The van der Waals surface area contributed by atoms with Gasteiger partial charge < -0.3 is 15.4 Å². The lowest BCUT2D eigenvalue weighted by Crippen LogP contribution is -2.45. The van der Waals surface area contributed by atoms with Gasteiger partial charge in [0.15, 0.2) is 0 Å². The fourth-order valence-electron chi connectivity index (χ4n) is 2.95. The van der Waals surface area contributed by atoms with Gasteiger partial charge in [-0.25, -0.2) is 9.18 Å². The third-order valence-electron chi connectivity index (χ3n) is 4.55.